The maximum absolute atomic E-state index is 11.2. The van der Waals surface area contributed by atoms with Crippen molar-refractivity contribution >= 4 is 17.4 Å². The second-order valence-electron chi connectivity index (χ2n) is 2.23. The number of carbonyl (C=O) groups is 1. The maximum atomic E-state index is 11.2. The summed E-state index contributed by atoms with van der Waals surface area (Å²) in [5.74, 6) is -0.195. The molecule has 1 aromatic rings. The molecule has 0 N–H and O–H groups in total. The van der Waals surface area contributed by atoms with Crippen LogP contribution in [0.15, 0.2) is 18.9 Å². The summed E-state index contributed by atoms with van der Waals surface area (Å²) < 4.78 is 1.55. The van der Waals surface area contributed by atoms with Gasteiger partial charge >= 0.3 is 0 Å². The highest BCUT2D eigenvalue weighted by Crippen LogP contribution is 2.15. The van der Waals surface area contributed by atoms with Crippen LogP contribution in [0, 0.1) is 0 Å². The van der Waals surface area contributed by atoms with Crippen LogP contribution in [0.3, 0.4) is 0 Å². The van der Waals surface area contributed by atoms with Crippen molar-refractivity contribution in [1.29, 1.82) is 0 Å². The Morgan fingerprint density at radius 3 is 3.08 bits per heavy atom. The van der Waals surface area contributed by atoms with Gasteiger partial charge in [0, 0.05) is 6.54 Å². The number of ketones is 1. The van der Waals surface area contributed by atoms with E-state index in [9.17, 15) is 4.79 Å². The zero-order valence-corrected chi connectivity index (χ0v) is 7.51. The molecule has 1 aromatic heterocycles. The smallest absolute Gasteiger partial charge is 0.204 e. The van der Waals surface area contributed by atoms with Gasteiger partial charge in [-0.2, -0.15) is 5.10 Å². The van der Waals surface area contributed by atoms with Crippen molar-refractivity contribution in [1.82, 2.24) is 9.78 Å². The van der Waals surface area contributed by atoms with E-state index in [2.05, 4.69) is 11.7 Å². The summed E-state index contributed by atoms with van der Waals surface area (Å²) in [6, 6.07) is 0. The Bertz CT molecular complexity index is 317. The molecule has 12 heavy (non-hydrogen) atoms. The number of hydrogen-bond donors (Lipinski definition) is 0. The van der Waals surface area contributed by atoms with Gasteiger partial charge in [-0.1, -0.05) is 18.2 Å². The third kappa shape index (κ3) is 1.41. The fraction of sp³-hybridized carbons (Fsp3) is 0.250. The molecular formula is C8H9ClN2O. The van der Waals surface area contributed by atoms with E-state index < -0.39 is 0 Å². The van der Waals surface area contributed by atoms with Gasteiger partial charge in [-0.15, -0.1) is 0 Å². The van der Waals surface area contributed by atoms with Crippen LogP contribution in [0.25, 0.3) is 0 Å². The summed E-state index contributed by atoms with van der Waals surface area (Å²) in [5, 5.41) is 4.30. The largest absolute Gasteiger partial charge is 0.288 e. The number of aromatic nitrogens is 2. The van der Waals surface area contributed by atoms with Gasteiger partial charge < -0.3 is 0 Å². The Balaban J connectivity index is 3.18. The molecule has 3 nitrogen and oxygen atoms in total. The third-order valence-electron chi connectivity index (χ3n) is 1.51. The monoisotopic (exact) mass is 184 g/mol. The molecule has 64 valence electrons. The van der Waals surface area contributed by atoms with Crippen LogP contribution in [0.4, 0.5) is 0 Å². The Kier molecular flexibility index (Phi) is 2.65. The fourth-order valence-electron chi connectivity index (χ4n) is 0.944. The van der Waals surface area contributed by atoms with Crippen LogP contribution in [-0.2, 0) is 6.54 Å². The molecule has 0 aromatic carbocycles. The number of allylic oxidation sites excluding steroid dienone is 1. The van der Waals surface area contributed by atoms with Crippen LogP contribution in [0.5, 0.6) is 0 Å². The van der Waals surface area contributed by atoms with Gasteiger partial charge in [0.2, 0.25) is 5.78 Å². The molecule has 0 fully saturated rings. The molecular weight excluding hydrogens is 176 g/mol. The Labute approximate surface area is 75.6 Å². The van der Waals surface area contributed by atoms with E-state index in [1.807, 2.05) is 6.92 Å². The topological polar surface area (TPSA) is 34.9 Å². The number of halogens is 1. The van der Waals surface area contributed by atoms with Gasteiger partial charge in [-0.05, 0) is 13.0 Å². The zero-order valence-electron chi connectivity index (χ0n) is 6.75. The highest BCUT2D eigenvalue weighted by atomic mass is 35.5. The quantitative estimate of drug-likeness (QED) is 0.532. The molecule has 0 bridgehead atoms. The zero-order chi connectivity index (χ0) is 9.14. The molecule has 0 amide bonds. The summed E-state index contributed by atoms with van der Waals surface area (Å²) in [6.07, 6.45) is 2.69. The lowest BCUT2D eigenvalue weighted by molar-refractivity contribution is 0.103. The van der Waals surface area contributed by atoms with Gasteiger partial charge in [0.1, 0.15) is 5.69 Å². The molecule has 0 radical (unpaired) electrons. The highest BCUT2D eigenvalue weighted by molar-refractivity contribution is 6.34. The van der Waals surface area contributed by atoms with E-state index in [1.165, 1.54) is 12.3 Å². The first-order valence-corrected chi connectivity index (χ1v) is 3.96. The predicted octanol–water partition coefficient (Wildman–Crippen LogP) is 1.93. The third-order valence-corrected chi connectivity index (χ3v) is 1.79. The molecule has 0 saturated heterocycles. The standard InChI is InChI=1S/C8H9ClN2O/c1-3-7(12)8-6(9)5-10-11(8)4-2/h3,5H,1,4H2,2H3. The van der Waals surface area contributed by atoms with Gasteiger partial charge in [-0.3, -0.25) is 9.48 Å². The minimum atomic E-state index is -0.195. The second-order valence-corrected chi connectivity index (χ2v) is 2.63. The first-order chi connectivity index (χ1) is 5.70. The lowest BCUT2D eigenvalue weighted by Gasteiger charge is -1.99. The van der Waals surface area contributed by atoms with E-state index in [-0.39, 0.29) is 5.78 Å². The Hall–Kier alpha value is -1.09. The van der Waals surface area contributed by atoms with Crippen molar-refractivity contribution in [3.8, 4) is 0 Å². The van der Waals surface area contributed by atoms with Crippen molar-refractivity contribution < 1.29 is 4.79 Å². The Morgan fingerprint density at radius 2 is 2.58 bits per heavy atom. The Morgan fingerprint density at radius 1 is 1.92 bits per heavy atom. The average Bonchev–Trinajstić information content (AvgIpc) is 2.45. The normalized spacial score (nSPS) is 9.83. The molecule has 1 rings (SSSR count). The van der Waals surface area contributed by atoms with Crippen molar-refractivity contribution in [3.05, 3.63) is 29.6 Å². The number of hydrogen-bond acceptors (Lipinski definition) is 2. The van der Waals surface area contributed by atoms with Crippen LogP contribution < -0.4 is 0 Å². The van der Waals surface area contributed by atoms with Crippen LogP contribution in [0.1, 0.15) is 17.4 Å². The minimum absolute atomic E-state index is 0.195. The molecule has 0 atom stereocenters. The van der Waals surface area contributed by atoms with Crippen molar-refractivity contribution in [2.75, 3.05) is 0 Å². The average molecular weight is 185 g/mol. The van der Waals surface area contributed by atoms with E-state index >= 15 is 0 Å². The molecule has 0 aliphatic heterocycles. The van der Waals surface area contributed by atoms with Crippen LogP contribution in [0.2, 0.25) is 5.02 Å². The first-order valence-electron chi connectivity index (χ1n) is 3.58. The molecule has 0 aliphatic rings. The van der Waals surface area contributed by atoms with Gasteiger partial charge in [0.15, 0.2) is 0 Å². The fourth-order valence-corrected chi connectivity index (χ4v) is 1.18. The molecule has 1 heterocycles. The summed E-state index contributed by atoms with van der Waals surface area (Å²) in [6.45, 7) is 5.90. The molecule has 0 spiro atoms. The minimum Gasteiger partial charge on any atom is -0.288 e. The van der Waals surface area contributed by atoms with Gasteiger partial charge in [-0.25, -0.2) is 0 Å². The van der Waals surface area contributed by atoms with Gasteiger partial charge in [0.05, 0.1) is 11.2 Å². The predicted molar refractivity (Wildman–Crippen MR) is 47.4 cm³/mol. The molecule has 0 unspecified atom stereocenters. The van der Waals surface area contributed by atoms with Crippen molar-refractivity contribution in [2.45, 2.75) is 13.5 Å². The lowest BCUT2D eigenvalue weighted by Crippen LogP contribution is -2.07. The maximum Gasteiger partial charge on any atom is 0.204 e. The molecule has 0 aliphatic carbocycles. The van der Waals surface area contributed by atoms with E-state index in [0.717, 1.165) is 0 Å². The molecule has 4 heteroatoms. The number of rotatable bonds is 3. The molecule has 0 saturated carbocycles. The van der Waals surface area contributed by atoms with Crippen LogP contribution in [-0.4, -0.2) is 15.6 Å². The SMILES string of the molecule is C=CC(=O)c1c(Cl)cnn1CC. The van der Waals surface area contributed by atoms with Crippen molar-refractivity contribution in [3.63, 3.8) is 0 Å². The lowest BCUT2D eigenvalue weighted by atomic mass is 10.3. The van der Waals surface area contributed by atoms with E-state index in [4.69, 9.17) is 11.6 Å². The van der Waals surface area contributed by atoms with Crippen molar-refractivity contribution in [2.24, 2.45) is 0 Å². The number of carbonyl (C=O) groups excluding carboxylic acids is 1. The first kappa shape index (κ1) is 9.00. The van der Waals surface area contributed by atoms with Gasteiger partial charge in [0.25, 0.3) is 0 Å². The summed E-state index contributed by atoms with van der Waals surface area (Å²) in [5.41, 5.74) is 0.411. The number of aryl methyl sites for hydroxylation is 1. The summed E-state index contributed by atoms with van der Waals surface area (Å²) >= 11 is 5.75. The number of nitrogens with zero attached hydrogens (tertiary/aromatic N) is 2. The second kappa shape index (κ2) is 3.54. The van der Waals surface area contributed by atoms with E-state index in [1.54, 1.807) is 4.68 Å². The highest BCUT2D eigenvalue weighted by Gasteiger charge is 2.12. The van der Waals surface area contributed by atoms with E-state index in [0.29, 0.717) is 17.3 Å². The van der Waals surface area contributed by atoms with Crippen LogP contribution >= 0.6 is 11.6 Å². The summed E-state index contributed by atoms with van der Waals surface area (Å²) in [4.78, 5) is 11.2. The summed E-state index contributed by atoms with van der Waals surface area (Å²) in [7, 11) is 0.